The fourth-order valence-corrected chi connectivity index (χ4v) is 2.01. The molecule has 1 heterocycles. The predicted octanol–water partition coefficient (Wildman–Crippen LogP) is 4.53. The van der Waals surface area contributed by atoms with Crippen LogP contribution in [0.4, 0.5) is 57.1 Å². The Labute approximate surface area is 136 Å². The molecule has 0 saturated carbocycles. The topological polar surface area (TPSA) is 21.8 Å². The molecule has 1 aliphatic rings. The Morgan fingerprint density at radius 1 is 0.769 bits per heavy atom. The second-order valence-electron chi connectivity index (χ2n) is 5.18. The standard InChI is InChI=1S/C11H9F13O2/c1-2-25-5(4-3-26-4)6(12,10(19,20)21)7(13,14)8(15,16)9(17,18)11(22,23)24/h4-5H,2-3H2,1H3. The highest BCUT2D eigenvalue weighted by atomic mass is 19.4. The Kier molecular flexibility index (Phi) is 5.56. The first-order valence-corrected chi connectivity index (χ1v) is 6.49. The van der Waals surface area contributed by atoms with Crippen molar-refractivity contribution in [2.75, 3.05) is 13.2 Å². The summed E-state index contributed by atoms with van der Waals surface area (Å²) in [7, 11) is 0. The largest absolute Gasteiger partial charge is 0.460 e. The van der Waals surface area contributed by atoms with Crippen molar-refractivity contribution in [2.45, 2.75) is 54.9 Å². The van der Waals surface area contributed by atoms with Crippen molar-refractivity contribution in [1.82, 2.24) is 0 Å². The zero-order valence-electron chi connectivity index (χ0n) is 12.3. The Balaban J connectivity index is 3.63. The van der Waals surface area contributed by atoms with Gasteiger partial charge in [-0.1, -0.05) is 0 Å². The van der Waals surface area contributed by atoms with Gasteiger partial charge >= 0.3 is 35.8 Å². The van der Waals surface area contributed by atoms with Crippen LogP contribution in [0.15, 0.2) is 0 Å². The number of alkyl halides is 13. The first kappa shape index (κ1) is 23.0. The number of hydrogen-bond donors (Lipinski definition) is 0. The molecular weight excluding hydrogens is 411 g/mol. The summed E-state index contributed by atoms with van der Waals surface area (Å²) in [6, 6.07) is 0. The Morgan fingerprint density at radius 2 is 1.19 bits per heavy atom. The zero-order valence-corrected chi connectivity index (χ0v) is 12.3. The van der Waals surface area contributed by atoms with Gasteiger partial charge in [0.05, 0.1) is 6.61 Å². The lowest BCUT2D eigenvalue weighted by atomic mass is 9.82. The van der Waals surface area contributed by atoms with E-state index in [0.29, 0.717) is 0 Å². The maximum absolute atomic E-state index is 14.4. The van der Waals surface area contributed by atoms with Gasteiger partial charge in [-0.15, -0.1) is 0 Å². The van der Waals surface area contributed by atoms with Gasteiger partial charge in [0.15, 0.2) is 0 Å². The van der Waals surface area contributed by atoms with Crippen molar-refractivity contribution in [3.05, 3.63) is 0 Å². The van der Waals surface area contributed by atoms with Gasteiger partial charge < -0.3 is 9.47 Å². The normalized spacial score (nSPS) is 23.5. The van der Waals surface area contributed by atoms with E-state index in [1.165, 1.54) is 0 Å². The van der Waals surface area contributed by atoms with Crippen LogP contribution < -0.4 is 0 Å². The summed E-state index contributed by atoms with van der Waals surface area (Å²) in [5.41, 5.74) is -6.62. The van der Waals surface area contributed by atoms with Crippen molar-refractivity contribution >= 4 is 0 Å². The molecule has 0 aromatic rings. The summed E-state index contributed by atoms with van der Waals surface area (Å²) in [6.07, 6.45) is -20.2. The van der Waals surface area contributed by atoms with E-state index >= 15 is 0 Å². The third kappa shape index (κ3) is 3.10. The second kappa shape index (κ2) is 6.27. The van der Waals surface area contributed by atoms with E-state index in [9.17, 15) is 57.1 Å². The molecule has 3 unspecified atom stereocenters. The first-order valence-electron chi connectivity index (χ1n) is 6.49. The summed E-state index contributed by atoms with van der Waals surface area (Å²) >= 11 is 0. The monoisotopic (exact) mass is 420 g/mol. The number of halogens is 13. The van der Waals surface area contributed by atoms with Crippen molar-refractivity contribution in [1.29, 1.82) is 0 Å². The number of epoxide rings is 1. The molecule has 156 valence electrons. The van der Waals surface area contributed by atoms with E-state index in [4.69, 9.17) is 0 Å². The summed E-state index contributed by atoms with van der Waals surface area (Å²) in [4.78, 5) is 0. The summed E-state index contributed by atoms with van der Waals surface area (Å²) < 4.78 is 177. The highest BCUT2D eigenvalue weighted by molar-refractivity contribution is 5.17. The molecule has 1 aliphatic heterocycles. The van der Waals surface area contributed by atoms with Crippen LogP contribution in [0.1, 0.15) is 6.92 Å². The Bertz CT molecular complexity index is 507. The third-order valence-electron chi connectivity index (χ3n) is 3.45. The molecule has 2 nitrogen and oxygen atoms in total. The van der Waals surface area contributed by atoms with Crippen molar-refractivity contribution in [2.24, 2.45) is 0 Å². The van der Waals surface area contributed by atoms with Gasteiger partial charge in [-0.2, -0.15) is 52.7 Å². The highest BCUT2D eigenvalue weighted by Crippen LogP contribution is 2.62. The number of ether oxygens (including phenoxy) is 2. The first-order chi connectivity index (χ1) is 11.3. The van der Waals surface area contributed by atoms with Gasteiger partial charge in [0.1, 0.15) is 12.2 Å². The molecule has 0 bridgehead atoms. The molecule has 0 N–H and O–H groups in total. The van der Waals surface area contributed by atoms with E-state index < -0.39 is 61.2 Å². The van der Waals surface area contributed by atoms with E-state index in [1.54, 1.807) is 0 Å². The third-order valence-corrected chi connectivity index (χ3v) is 3.45. The van der Waals surface area contributed by atoms with Crippen molar-refractivity contribution in [3.63, 3.8) is 0 Å². The van der Waals surface area contributed by atoms with E-state index in [2.05, 4.69) is 9.47 Å². The smallest absolute Gasteiger partial charge is 0.372 e. The fraction of sp³-hybridized carbons (Fsp3) is 1.00. The molecule has 0 aromatic carbocycles. The summed E-state index contributed by atoms with van der Waals surface area (Å²) in [5, 5.41) is 0. The van der Waals surface area contributed by atoms with Gasteiger partial charge in [0, 0.05) is 6.61 Å². The average molecular weight is 420 g/mol. The van der Waals surface area contributed by atoms with Crippen LogP contribution in [-0.4, -0.2) is 61.2 Å². The molecule has 1 saturated heterocycles. The summed E-state index contributed by atoms with van der Waals surface area (Å²) in [5.74, 6) is -23.1. The minimum atomic E-state index is -7.81. The molecule has 3 atom stereocenters. The quantitative estimate of drug-likeness (QED) is 0.446. The SMILES string of the molecule is CCOC(C1CO1)C(F)(C(F)(F)F)C(F)(F)C(F)(F)C(F)(F)C(F)(F)F. The second-order valence-corrected chi connectivity index (χ2v) is 5.18. The molecule has 0 amide bonds. The maximum atomic E-state index is 14.4. The van der Waals surface area contributed by atoms with Crippen LogP contribution in [-0.2, 0) is 9.47 Å². The lowest BCUT2D eigenvalue weighted by Crippen LogP contribution is -2.75. The van der Waals surface area contributed by atoms with Crippen LogP contribution in [0.2, 0.25) is 0 Å². The molecule has 15 heteroatoms. The molecule has 0 aromatic heterocycles. The van der Waals surface area contributed by atoms with Crippen molar-refractivity contribution in [3.8, 4) is 0 Å². The molecule has 26 heavy (non-hydrogen) atoms. The average Bonchev–Trinajstić information content (AvgIpc) is 3.25. The maximum Gasteiger partial charge on any atom is 0.460 e. The van der Waals surface area contributed by atoms with E-state index in [1.807, 2.05) is 0 Å². The molecule has 0 spiro atoms. The van der Waals surface area contributed by atoms with Gasteiger partial charge in [-0.05, 0) is 6.92 Å². The van der Waals surface area contributed by atoms with Crippen LogP contribution in [0.25, 0.3) is 0 Å². The lowest BCUT2D eigenvalue weighted by molar-refractivity contribution is -0.441. The molecule has 1 fully saturated rings. The molecule has 0 aliphatic carbocycles. The van der Waals surface area contributed by atoms with Crippen molar-refractivity contribution < 1.29 is 66.5 Å². The molecule has 1 rings (SSSR count). The van der Waals surface area contributed by atoms with Gasteiger partial charge in [0.2, 0.25) is 0 Å². The Hall–Kier alpha value is -0.990. The summed E-state index contributed by atoms with van der Waals surface area (Å²) in [6.45, 7) is -1.08. The van der Waals surface area contributed by atoms with E-state index in [-0.39, 0.29) is 0 Å². The highest BCUT2D eigenvalue weighted by Gasteiger charge is 2.92. The lowest BCUT2D eigenvalue weighted by Gasteiger charge is -2.44. The predicted molar refractivity (Wildman–Crippen MR) is 55.9 cm³/mol. The number of hydrogen-bond acceptors (Lipinski definition) is 2. The number of rotatable bonds is 7. The Morgan fingerprint density at radius 3 is 1.46 bits per heavy atom. The van der Waals surface area contributed by atoms with Gasteiger partial charge in [0.25, 0.3) is 0 Å². The fourth-order valence-electron chi connectivity index (χ4n) is 2.01. The van der Waals surface area contributed by atoms with Crippen LogP contribution >= 0.6 is 0 Å². The van der Waals surface area contributed by atoms with E-state index in [0.717, 1.165) is 6.92 Å². The zero-order chi connectivity index (χ0) is 21.0. The van der Waals surface area contributed by atoms with Crippen LogP contribution in [0.5, 0.6) is 0 Å². The minimum absolute atomic E-state index is 0.812. The molecule has 0 radical (unpaired) electrons. The van der Waals surface area contributed by atoms with Crippen LogP contribution in [0.3, 0.4) is 0 Å². The molecular formula is C11H9F13O2. The van der Waals surface area contributed by atoms with Gasteiger partial charge in [-0.3, -0.25) is 0 Å². The van der Waals surface area contributed by atoms with Crippen LogP contribution in [0, 0.1) is 0 Å². The minimum Gasteiger partial charge on any atom is -0.372 e. The van der Waals surface area contributed by atoms with Gasteiger partial charge in [-0.25, -0.2) is 4.39 Å².